The second-order valence-electron chi connectivity index (χ2n) is 7.20. The Hall–Kier alpha value is -3.92. The normalized spacial score (nSPS) is 21.1. The van der Waals surface area contributed by atoms with Gasteiger partial charge in [0.25, 0.3) is 5.91 Å². The highest BCUT2D eigenvalue weighted by Crippen LogP contribution is 2.35. The number of ketones is 1. The van der Waals surface area contributed by atoms with Crippen molar-refractivity contribution >= 4 is 45.5 Å². The van der Waals surface area contributed by atoms with Gasteiger partial charge in [-0.3, -0.25) is 14.4 Å². The van der Waals surface area contributed by atoms with E-state index in [9.17, 15) is 24.8 Å². The molecule has 2 aliphatic rings. The second-order valence-corrected chi connectivity index (χ2v) is 7.20. The van der Waals surface area contributed by atoms with E-state index in [-0.39, 0.29) is 17.1 Å². The van der Waals surface area contributed by atoms with Gasteiger partial charge in [-0.15, -0.1) is 0 Å². The fourth-order valence-electron chi connectivity index (χ4n) is 3.96. The highest BCUT2D eigenvalue weighted by molar-refractivity contribution is 6.53. The smallest absolute Gasteiger partial charge is 0.278 e. The van der Waals surface area contributed by atoms with Gasteiger partial charge in [0.15, 0.2) is 5.69 Å². The van der Waals surface area contributed by atoms with Crippen molar-refractivity contribution in [2.24, 2.45) is 11.1 Å². The average Bonchev–Trinajstić information content (AvgIpc) is 3.33. The molecule has 3 aromatic rings. The van der Waals surface area contributed by atoms with Gasteiger partial charge < -0.3 is 10.0 Å². The zero-order chi connectivity index (χ0) is 21.7. The Labute approximate surface area is 175 Å². The second kappa shape index (κ2) is 7.10. The number of nitrogens with one attached hydrogen (secondary N) is 1. The lowest BCUT2D eigenvalue weighted by Gasteiger charge is -2.17. The third kappa shape index (κ3) is 2.91. The number of quaternary nitrogens is 1. The van der Waals surface area contributed by atoms with Gasteiger partial charge in [0.05, 0.1) is 5.69 Å². The topological polar surface area (TPSA) is 124 Å². The van der Waals surface area contributed by atoms with Crippen molar-refractivity contribution in [3.05, 3.63) is 77.5 Å². The summed E-state index contributed by atoms with van der Waals surface area (Å²) in [4.78, 5) is 45.3. The lowest BCUT2D eigenvalue weighted by molar-refractivity contribution is -0.991. The zero-order valence-electron chi connectivity index (χ0n) is 15.9. The van der Waals surface area contributed by atoms with Gasteiger partial charge in [-0.2, -0.15) is 5.23 Å². The summed E-state index contributed by atoms with van der Waals surface area (Å²) in [5.74, 6) is -3.05. The Bertz CT molecular complexity index is 1280. The molecule has 0 spiro atoms. The molecule has 154 valence electrons. The van der Waals surface area contributed by atoms with Gasteiger partial charge in [-0.25, -0.2) is 10.1 Å². The van der Waals surface area contributed by atoms with Gasteiger partial charge in [0.1, 0.15) is 11.6 Å². The third-order valence-corrected chi connectivity index (χ3v) is 5.43. The quantitative estimate of drug-likeness (QED) is 0.375. The summed E-state index contributed by atoms with van der Waals surface area (Å²) in [6, 6.07) is 18.0. The van der Waals surface area contributed by atoms with Crippen molar-refractivity contribution in [2.45, 2.75) is 6.10 Å². The van der Waals surface area contributed by atoms with Crippen molar-refractivity contribution in [3.63, 3.8) is 0 Å². The molecule has 0 saturated carbocycles. The molecule has 5 rings (SSSR count). The van der Waals surface area contributed by atoms with E-state index in [1.807, 2.05) is 18.2 Å². The lowest BCUT2D eigenvalue weighted by atomic mass is 9.91. The molecule has 2 N–H and O–H groups in total. The van der Waals surface area contributed by atoms with Gasteiger partial charge in [0.2, 0.25) is 17.8 Å². The lowest BCUT2D eigenvalue weighted by Crippen LogP contribution is -2.99. The maximum Gasteiger partial charge on any atom is 0.278 e. The molecular formula is C22H15N3O6. The summed E-state index contributed by atoms with van der Waals surface area (Å²) in [5.41, 5.74) is 0.242. The molecule has 3 atom stereocenters. The summed E-state index contributed by atoms with van der Waals surface area (Å²) >= 11 is 0. The van der Waals surface area contributed by atoms with Gasteiger partial charge in [-0.1, -0.05) is 53.7 Å². The van der Waals surface area contributed by atoms with Crippen molar-refractivity contribution in [3.8, 4) is 0 Å². The highest BCUT2D eigenvalue weighted by atomic mass is 16.8. The van der Waals surface area contributed by atoms with E-state index >= 15 is 0 Å². The molecule has 31 heavy (non-hydrogen) atoms. The first-order chi connectivity index (χ1) is 15.0. The Balaban J connectivity index is 1.51. The molecule has 0 aliphatic carbocycles. The Morgan fingerprint density at radius 1 is 1.03 bits per heavy atom. The van der Waals surface area contributed by atoms with Crippen LogP contribution in [0.5, 0.6) is 0 Å². The van der Waals surface area contributed by atoms with Crippen molar-refractivity contribution in [1.82, 2.24) is 0 Å². The van der Waals surface area contributed by atoms with Crippen LogP contribution in [-0.4, -0.2) is 34.6 Å². The van der Waals surface area contributed by atoms with E-state index in [2.05, 4.69) is 5.16 Å². The number of carbonyl (C=O) groups excluding carboxylic acids is 3. The number of hydrogen-bond acceptors (Lipinski definition) is 7. The predicted octanol–water partition coefficient (Wildman–Crippen LogP) is 1.37. The Morgan fingerprint density at radius 3 is 2.58 bits per heavy atom. The summed E-state index contributed by atoms with van der Waals surface area (Å²) in [6.45, 7) is 0. The van der Waals surface area contributed by atoms with E-state index in [4.69, 9.17) is 4.84 Å². The molecule has 2 heterocycles. The largest absolute Gasteiger partial charge is 0.595 e. The summed E-state index contributed by atoms with van der Waals surface area (Å²) < 4.78 is 0. The van der Waals surface area contributed by atoms with Crippen LogP contribution in [0.15, 0.2) is 71.9 Å². The van der Waals surface area contributed by atoms with Crippen molar-refractivity contribution in [2.75, 3.05) is 4.90 Å². The van der Waals surface area contributed by atoms with Crippen LogP contribution in [0.2, 0.25) is 0 Å². The van der Waals surface area contributed by atoms with Crippen LogP contribution in [0.3, 0.4) is 0 Å². The minimum Gasteiger partial charge on any atom is -0.595 e. The van der Waals surface area contributed by atoms with E-state index in [1.165, 1.54) is 24.3 Å². The standard InChI is InChI=1S/C22H15N3O6/c26-19(16-10-3-6-12-5-1-2-9-15(12)16)18-17-20(31-23-18)22(28)24(21(17)27)13-7-4-8-14(11-13)25(29)30/h1-11,17,20,25,29H/t17-,20-/m0/s1. The number of imide groups is 1. The number of hydrogen-bond donors (Lipinski definition) is 2. The first-order valence-electron chi connectivity index (χ1n) is 9.44. The van der Waals surface area contributed by atoms with Gasteiger partial charge in [-0.05, 0) is 16.8 Å². The zero-order valence-corrected chi connectivity index (χ0v) is 15.9. The molecule has 1 unspecified atom stereocenters. The number of nitrogens with zero attached hydrogens (tertiary/aromatic N) is 2. The van der Waals surface area contributed by atoms with Crippen LogP contribution in [0.4, 0.5) is 11.4 Å². The molecular weight excluding hydrogens is 402 g/mol. The molecule has 0 aromatic heterocycles. The van der Waals surface area contributed by atoms with Crippen LogP contribution in [-0.2, 0) is 14.4 Å². The summed E-state index contributed by atoms with van der Waals surface area (Å²) in [5, 5.41) is 24.6. The number of rotatable bonds is 4. The number of benzene rings is 3. The van der Waals surface area contributed by atoms with Crippen molar-refractivity contribution in [1.29, 1.82) is 0 Å². The number of anilines is 1. The van der Waals surface area contributed by atoms with Crippen LogP contribution in [0, 0.1) is 11.1 Å². The number of carbonyl (C=O) groups is 3. The number of fused-ring (bicyclic) bond motifs is 2. The monoisotopic (exact) mass is 417 g/mol. The van der Waals surface area contributed by atoms with Crippen LogP contribution >= 0.6 is 0 Å². The van der Waals surface area contributed by atoms with Gasteiger partial charge in [0, 0.05) is 17.7 Å². The fourth-order valence-corrected chi connectivity index (χ4v) is 3.96. The number of amides is 2. The Morgan fingerprint density at radius 2 is 1.77 bits per heavy atom. The first-order valence-corrected chi connectivity index (χ1v) is 9.44. The summed E-state index contributed by atoms with van der Waals surface area (Å²) in [6.07, 6.45) is -1.25. The van der Waals surface area contributed by atoms with E-state index < -0.39 is 34.8 Å². The van der Waals surface area contributed by atoms with E-state index in [0.29, 0.717) is 10.9 Å². The number of oxime groups is 1. The molecule has 1 saturated heterocycles. The SMILES string of the molecule is O=C(C1=NO[C@@H]2C(=O)N(c3cccc([NH+]([O-])O)c3)C(=O)[C@@H]12)c1cccc2ccccc12. The summed E-state index contributed by atoms with van der Waals surface area (Å²) in [7, 11) is 0. The molecule has 1 fully saturated rings. The number of Topliss-reactive ketones (excluding diaryl/α,β-unsaturated/α-hetero) is 1. The minimum absolute atomic E-state index is 0.0724. The maximum atomic E-state index is 13.3. The molecule has 0 bridgehead atoms. The predicted molar refractivity (Wildman–Crippen MR) is 109 cm³/mol. The van der Waals surface area contributed by atoms with Crippen molar-refractivity contribution < 1.29 is 29.7 Å². The molecule has 2 aliphatic heterocycles. The third-order valence-electron chi connectivity index (χ3n) is 5.43. The van der Waals surface area contributed by atoms with Crippen LogP contribution < -0.4 is 10.1 Å². The molecule has 2 amide bonds. The molecule has 3 aromatic carbocycles. The first kappa shape index (κ1) is 19.1. The Kier molecular flexibility index (Phi) is 4.36. The van der Waals surface area contributed by atoms with Crippen LogP contribution in [0.1, 0.15) is 10.4 Å². The maximum absolute atomic E-state index is 13.3. The van der Waals surface area contributed by atoms with Crippen LogP contribution in [0.25, 0.3) is 10.8 Å². The van der Waals surface area contributed by atoms with Gasteiger partial charge >= 0.3 is 0 Å². The minimum atomic E-state index is -1.25. The average molecular weight is 417 g/mol. The van der Waals surface area contributed by atoms with E-state index in [1.54, 1.807) is 24.3 Å². The molecule has 9 nitrogen and oxygen atoms in total. The fraction of sp³-hybridized carbons (Fsp3) is 0.0909. The van der Waals surface area contributed by atoms with E-state index in [0.717, 1.165) is 10.3 Å². The molecule has 0 radical (unpaired) electrons. The highest BCUT2D eigenvalue weighted by Gasteiger charge is 2.57. The molecule has 9 heteroatoms.